The minimum Gasteiger partial charge on any atom is -0.309 e. The van der Waals surface area contributed by atoms with Gasteiger partial charge in [-0.15, -0.1) is 0 Å². The van der Waals surface area contributed by atoms with Crippen LogP contribution >= 0.6 is 0 Å². The van der Waals surface area contributed by atoms with E-state index >= 15 is 0 Å². The summed E-state index contributed by atoms with van der Waals surface area (Å²) in [5.74, 6) is 0.624. The van der Waals surface area contributed by atoms with Crippen LogP contribution in [0.2, 0.25) is 0 Å². The number of nitrogens with one attached hydrogen (secondary N) is 1. The largest absolute Gasteiger partial charge is 0.309 e. The van der Waals surface area contributed by atoms with Gasteiger partial charge in [-0.2, -0.15) is 10.2 Å². The van der Waals surface area contributed by atoms with Gasteiger partial charge in [-0.25, -0.2) is 19.2 Å². The Bertz CT molecular complexity index is 946. The SMILES string of the molecule is CCCc1cc2c(=O)n(CC(=O)Nc3ccncn3)nc(CC)n2n1. The van der Waals surface area contributed by atoms with Gasteiger partial charge in [-0.05, 0) is 18.6 Å². The fourth-order valence-electron chi connectivity index (χ4n) is 2.53. The highest BCUT2D eigenvalue weighted by molar-refractivity contribution is 5.89. The number of aromatic nitrogens is 6. The lowest BCUT2D eigenvalue weighted by molar-refractivity contribution is -0.117. The number of rotatable bonds is 6. The lowest BCUT2D eigenvalue weighted by Crippen LogP contribution is -2.32. The second-order valence-electron chi connectivity index (χ2n) is 5.56. The Hall–Kier alpha value is -3.10. The fourth-order valence-corrected chi connectivity index (χ4v) is 2.53. The summed E-state index contributed by atoms with van der Waals surface area (Å²) >= 11 is 0. The molecule has 0 radical (unpaired) electrons. The van der Waals surface area contributed by atoms with Crippen molar-refractivity contribution >= 4 is 17.2 Å². The molecule has 0 aliphatic heterocycles. The van der Waals surface area contributed by atoms with Crippen LogP contribution in [0.3, 0.4) is 0 Å². The first kappa shape index (κ1) is 16.7. The Labute approximate surface area is 143 Å². The molecule has 0 spiro atoms. The van der Waals surface area contributed by atoms with E-state index in [0.717, 1.165) is 18.5 Å². The zero-order valence-corrected chi connectivity index (χ0v) is 14.1. The van der Waals surface area contributed by atoms with Crippen LogP contribution in [0, 0.1) is 0 Å². The number of hydrogen-bond acceptors (Lipinski definition) is 6. The summed E-state index contributed by atoms with van der Waals surface area (Å²) in [7, 11) is 0. The van der Waals surface area contributed by atoms with Crippen molar-refractivity contribution in [2.75, 3.05) is 5.32 Å². The summed E-state index contributed by atoms with van der Waals surface area (Å²) in [5, 5.41) is 11.3. The fraction of sp³-hybridized carbons (Fsp3) is 0.375. The van der Waals surface area contributed by atoms with Gasteiger partial charge in [0.1, 0.15) is 24.2 Å². The smallest absolute Gasteiger partial charge is 0.293 e. The van der Waals surface area contributed by atoms with Gasteiger partial charge >= 0.3 is 0 Å². The average molecular weight is 341 g/mol. The molecule has 0 aromatic carbocycles. The molecule has 1 N–H and O–H groups in total. The monoisotopic (exact) mass is 341 g/mol. The molecular formula is C16H19N7O2. The van der Waals surface area contributed by atoms with Crippen LogP contribution in [-0.2, 0) is 24.2 Å². The van der Waals surface area contributed by atoms with E-state index in [4.69, 9.17) is 0 Å². The normalized spacial score (nSPS) is 11.0. The summed E-state index contributed by atoms with van der Waals surface area (Å²) in [6.07, 6.45) is 5.18. The Morgan fingerprint density at radius 3 is 2.80 bits per heavy atom. The van der Waals surface area contributed by atoms with E-state index in [1.54, 1.807) is 16.6 Å². The van der Waals surface area contributed by atoms with Crippen LogP contribution in [0.15, 0.2) is 29.5 Å². The van der Waals surface area contributed by atoms with Gasteiger partial charge in [0.2, 0.25) is 5.91 Å². The molecule has 3 aromatic heterocycles. The van der Waals surface area contributed by atoms with Gasteiger partial charge < -0.3 is 5.32 Å². The van der Waals surface area contributed by atoms with Crippen LogP contribution in [0.5, 0.6) is 0 Å². The maximum atomic E-state index is 12.6. The summed E-state index contributed by atoms with van der Waals surface area (Å²) in [5.41, 5.74) is 0.939. The summed E-state index contributed by atoms with van der Waals surface area (Å²) < 4.78 is 2.74. The minimum atomic E-state index is -0.381. The first-order valence-corrected chi connectivity index (χ1v) is 8.16. The number of carbonyl (C=O) groups is 1. The Kier molecular flexibility index (Phi) is 4.82. The molecule has 25 heavy (non-hydrogen) atoms. The summed E-state index contributed by atoms with van der Waals surface area (Å²) in [6, 6.07) is 3.34. The third-order valence-electron chi connectivity index (χ3n) is 3.66. The lowest BCUT2D eigenvalue weighted by Gasteiger charge is -2.08. The third-order valence-corrected chi connectivity index (χ3v) is 3.66. The van der Waals surface area contributed by atoms with Crippen molar-refractivity contribution in [3.8, 4) is 0 Å². The van der Waals surface area contributed by atoms with Crippen LogP contribution < -0.4 is 10.9 Å². The number of aryl methyl sites for hydroxylation is 2. The van der Waals surface area contributed by atoms with Gasteiger partial charge in [0.25, 0.3) is 5.56 Å². The second-order valence-corrected chi connectivity index (χ2v) is 5.56. The molecule has 3 rings (SSSR count). The molecule has 3 heterocycles. The molecule has 0 unspecified atom stereocenters. The zero-order chi connectivity index (χ0) is 17.8. The molecule has 0 atom stereocenters. The number of amides is 1. The molecule has 3 aromatic rings. The van der Waals surface area contributed by atoms with Gasteiger partial charge in [-0.3, -0.25) is 9.59 Å². The topological polar surface area (TPSA) is 107 Å². The predicted octanol–water partition coefficient (Wildman–Crippen LogP) is 0.835. The van der Waals surface area contributed by atoms with E-state index in [9.17, 15) is 9.59 Å². The van der Waals surface area contributed by atoms with Crippen LogP contribution in [0.1, 0.15) is 31.8 Å². The first-order valence-electron chi connectivity index (χ1n) is 8.16. The summed E-state index contributed by atoms with van der Waals surface area (Å²) in [6.45, 7) is 3.79. The van der Waals surface area contributed by atoms with Gasteiger partial charge in [0.15, 0.2) is 5.82 Å². The molecule has 0 aliphatic rings. The van der Waals surface area contributed by atoms with Crippen LogP contribution in [-0.4, -0.2) is 35.3 Å². The first-order chi connectivity index (χ1) is 12.1. The molecule has 0 saturated carbocycles. The van der Waals surface area contributed by atoms with E-state index < -0.39 is 0 Å². The highest BCUT2D eigenvalue weighted by Gasteiger charge is 2.15. The molecule has 9 nitrogen and oxygen atoms in total. The highest BCUT2D eigenvalue weighted by Crippen LogP contribution is 2.07. The van der Waals surface area contributed by atoms with Crippen LogP contribution in [0.4, 0.5) is 5.82 Å². The van der Waals surface area contributed by atoms with Crippen molar-refractivity contribution in [1.82, 2.24) is 29.4 Å². The van der Waals surface area contributed by atoms with Crippen molar-refractivity contribution in [3.05, 3.63) is 46.5 Å². The maximum Gasteiger partial charge on any atom is 0.293 e. The van der Waals surface area contributed by atoms with Crippen molar-refractivity contribution < 1.29 is 4.79 Å². The number of hydrogen-bond donors (Lipinski definition) is 1. The van der Waals surface area contributed by atoms with Gasteiger partial charge in [0, 0.05) is 12.6 Å². The number of carbonyl (C=O) groups excluding carboxylic acids is 1. The quantitative estimate of drug-likeness (QED) is 0.712. The average Bonchev–Trinajstić information content (AvgIpc) is 3.03. The Balaban J connectivity index is 1.92. The molecule has 0 saturated heterocycles. The Morgan fingerprint density at radius 1 is 1.28 bits per heavy atom. The number of anilines is 1. The molecule has 9 heteroatoms. The molecular weight excluding hydrogens is 322 g/mol. The third kappa shape index (κ3) is 3.54. The van der Waals surface area contributed by atoms with Gasteiger partial charge in [0.05, 0.1) is 5.69 Å². The van der Waals surface area contributed by atoms with Crippen molar-refractivity contribution in [2.45, 2.75) is 39.7 Å². The lowest BCUT2D eigenvalue weighted by atomic mass is 10.2. The van der Waals surface area contributed by atoms with E-state index in [1.165, 1.54) is 17.2 Å². The van der Waals surface area contributed by atoms with Crippen molar-refractivity contribution in [2.24, 2.45) is 0 Å². The second kappa shape index (κ2) is 7.20. The van der Waals surface area contributed by atoms with Crippen molar-refractivity contribution in [3.63, 3.8) is 0 Å². The predicted molar refractivity (Wildman–Crippen MR) is 91.3 cm³/mol. The molecule has 1 amide bonds. The molecule has 130 valence electrons. The van der Waals surface area contributed by atoms with E-state index in [1.807, 2.05) is 6.92 Å². The summed E-state index contributed by atoms with van der Waals surface area (Å²) in [4.78, 5) is 32.5. The maximum absolute atomic E-state index is 12.6. The van der Waals surface area contributed by atoms with Crippen molar-refractivity contribution in [1.29, 1.82) is 0 Å². The Morgan fingerprint density at radius 2 is 2.12 bits per heavy atom. The molecule has 0 aliphatic carbocycles. The van der Waals surface area contributed by atoms with E-state index in [2.05, 4.69) is 32.4 Å². The van der Waals surface area contributed by atoms with Gasteiger partial charge in [-0.1, -0.05) is 20.3 Å². The van der Waals surface area contributed by atoms with E-state index in [-0.39, 0.29) is 18.0 Å². The zero-order valence-electron chi connectivity index (χ0n) is 14.1. The minimum absolute atomic E-state index is 0.194. The number of fused-ring (bicyclic) bond motifs is 1. The molecule has 0 bridgehead atoms. The molecule has 0 fully saturated rings. The van der Waals surface area contributed by atoms with E-state index in [0.29, 0.717) is 23.6 Å². The highest BCUT2D eigenvalue weighted by atomic mass is 16.2. The van der Waals surface area contributed by atoms with Crippen LogP contribution in [0.25, 0.3) is 5.52 Å². The number of nitrogens with zero attached hydrogens (tertiary/aromatic N) is 6. The standard InChI is InChI=1S/C16H19N7O2/c1-3-5-11-8-12-16(25)22(21-14(4-2)23(12)20-11)9-15(24)19-13-6-7-17-10-18-13/h6-8,10H,3-5,9H2,1-2H3,(H,17,18,19,24).